The van der Waals surface area contributed by atoms with Crippen LogP contribution in [-0.4, -0.2) is 38.5 Å². The van der Waals surface area contributed by atoms with Crippen LogP contribution in [0.4, 0.5) is 17.1 Å². The van der Waals surface area contributed by atoms with Crippen LogP contribution in [0.25, 0.3) is 0 Å². The average Bonchev–Trinajstić information content (AvgIpc) is 3.41. The number of anilines is 1. The van der Waals surface area contributed by atoms with E-state index in [0.717, 1.165) is 28.0 Å². The largest absolute Gasteiger partial charge is 0.294 e. The molecule has 13 heteroatoms. The first-order valence-electron chi connectivity index (χ1n) is 9.67. The molecule has 0 N–H and O–H groups in total. The second-order valence-corrected chi connectivity index (χ2v) is 8.89. The minimum Gasteiger partial charge on any atom is -0.293 e. The Hall–Kier alpha value is -4.16. The van der Waals surface area contributed by atoms with Crippen LogP contribution in [-0.2, 0) is 4.79 Å². The molecule has 1 fully saturated rings. The molecule has 0 bridgehead atoms. The second kappa shape index (κ2) is 7.71. The molecule has 34 heavy (non-hydrogen) atoms. The SMILES string of the molecule is O=C1c2ccc([N+](=O)[O-])cc2C(=O)N1[C@H]1C(=O)N(c2ccc(Cl)cc2[N+](=O)[O-])[C@H]1c1cccs1. The maximum atomic E-state index is 13.4. The van der Waals surface area contributed by atoms with Crippen molar-refractivity contribution in [1.29, 1.82) is 0 Å². The van der Waals surface area contributed by atoms with Gasteiger partial charge in [0.1, 0.15) is 17.8 Å². The highest BCUT2D eigenvalue weighted by Gasteiger charge is 2.58. The zero-order valence-electron chi connectivity index (χ0n) is 16.8. The number of nitrogens with zero attached hydrogens (tertiary/aromatic N) is 4. The van der Waals surface area contributed by atoms with E-state index in [1.807, 2.05) is 0 Å². The van der Waals surface area contributed by atoms with Crippen molar-refractivity contribution in [2.75, 3.05) is 4.90 Å². The Labute approximate surface area is 199 Å². The number of nitro groups is 2. The van der Waals surface area contributed by atoms with Gasteiger partial charge in [0.05, 0.1) is 21.0 Å². The lowest BCUT2D eigenvalue weighted by Gasteiger charge is -2.48. The predicted molar refractivity (Wildman–Crippen MR) is 120 cm³/mol. The van der Waals surface area contributed by atoms with E-state index >= 15 is 0 Å². The zero-order valence-corrected chi connectivity index (χ0v) is 18.4. The fourth-order valence-electron chi connectivity index (χ4n) is 4.20. The Balaban J connectivity index is 1.59. The molecule has 5 rings (SSSR count). The third kappa shape index (κ3) is 3.07. The fourth-order valence-corrected chi connectivity index (χ4v) is 5.21. The molecule has 0 radical (unpaired) electrons. The summed E-state index contributed by atoms with van der Waals surface area (Å²) >= 11 is 7.16. The quantitative estimate of drug-likeness (QED) is 0.224. The summed E-state index contributed by atoms with van der Waals surface area (Å²) in [6, 6.07) is 8.37. The molecule has 0 unspecified atom stereocenters. The van der Waals surface area contributed by atoms with Gasteiger partial charge in [0.2, 0.25) is 0 Å². The second-order valence-electron chi connectivity index (χ2n) is 7.47. The van der Waals surface area contributed by atoms with Crippen molar-refractivity contribution < 1.29 is 24.2 Å². The van der Waals surface area contributed by atoms with Crippen molar-refractivity contribution in [1.82, 2.24) is 4.90 Å². The summed E-state index contributed by atoms with van der Waals surface area (Å²) < 4.78 is 0. The highest BCUT2D eigenvalue weighted by atomic mass is 35.5. The van der Waals surface area contributed by atoms with Crippen LogP contribution in [0.3, 0.4) is 0 Å². The van der Waals surface area contributed by atoms with Crippen LogP contribution in [0.5, 0.6) is 0 Å². The normalized spacial score (nSPS) is 19.3. The van der Waals surface area contributed by atoms with E-state index in [4.69, 9.17) is 11.6 Å². The lowest BCUT2D eigenvalue weighted by atomic mass is 9.90. The molecule has 1 saturated heterocycles. The number of non-ortho nitro benzene ring substituents is 1. The Morgan fingerprint density at radius 3 is 2.24 bits per heavy atom. The van der Waals surface area contributed by atoms with Gasteiger partial charge in [-0.3, -0.25) is 44.4 Å². The average molecular weight is 499 g/mol. The van der Waals surface area contributed by atoms with Gasteiger partial charge in [-0.2, -0.15) is 0 Å². The van der Waals surface area contributed by atoms with Crippen LogP contribution in [0.15, 0.2) is 53.9 Å². The maximum absolute atomic E-state index is 13.4. The van der Waals surface area contributed by atoms with Crippen LogP contribution in [0.2, 0.25) is 5.02 Å². The molecular formula is C21H11ClN4O7S. The van der Waals surface area contributed by atoms with Gasteiger partial charge in [-0.1, -0.05) is 17.7 Å². The number of hydrogen-bond donors (Lipinski definition) is 0. The summed E-state index contributed by atoms with van der Waals surface area (Å²) in [5.41, 5.74) is -1.02. The summed E-state index contributed by atoms with van der Waals surface area (Å²) in [7, 11) is 0. The third-order valence-electron chi connectivity index (χ3n) is 5.69. The summed E-state index contributed by atoms with van der Waals surface area (Å²) in [6.45, 7) is 0. The Morgan fingerprint density at radius 2 is 1.59 bits per heavy atom. The number of carbonyl (C=O) groups excluding carboxylic acids is 3. The van der Waals surface area contributed by atoms with Gasteiger partial charge >= 0.3 is 0 Å². The summed E-state index contributed by atoms with van der Waals surface area (Å²) in [4.78, 5) is 63.5. The molecule has 2 atom stereocenters. The van der Waals surface area contributed by atoms with E-state index in [1.165, 1.54) is 29.5 Å². The van der Waals surface area contributed by atoms with Gasteiger partial charge in [-0.05, 0) is 29.6 Å². The van der Waals surface area contributed by atoms with Crippen molar-refractivity contribution in [3.63, 3.8) is 0 Å². The lowest BCUT2D eigenvalue weighted by molar-refractivity contribution is -0.384. The maximum Gasteiger partial charge on any atom is 0.294 e. The molecule has 2 aromatic carbocycles. The Kier molecular flexibility index (Phi) is 4.92. The first kappa shape index (κ1) is 21.7. The lowest BCUT2D eigenvalue weighted by Crippen LogP contribution is -2.67. The van der Waals surface area contributed by atoms with Crippen LogP contribution in [0.1, 0.15) is 31.6 Å². The van der Waals surface area contributed by atoms with Crippen molar-refractivity contribution >= 4 is 57.7 Å². The molecule has 3 amide bonds. The molecule has 1 aromatic heterocycles. The van der Waals surface area contributed by atoms with Gasteiger partial charge < -0.3 is 0 Å². The number of halogens is 1. The minimum absolute atomic E-state index is 0.0266. The number of amides is 3. The molecule has 11 nitrogen and oxygen atoms in total. The number of nitro benzene ring substituents is 2. The number of imide groups is 1. The minimum atomic E-state index is -1.28. The Morgan fingerprint density at radius 1 is 0.853 bits per heavy atom. The Bertz CT molecular complexity index is 1420. The van der Waals surface area contributed by atoms with E-state index in [2.05, 4.69) is 0 Å². The van der Waals surface area contributed by atoms with Crippen LogP contribution >= 0.6 is 22.9 Å². The molecule has 0 saturated carbocycles. The number of benzene rings is 2. The van der Waals surface area contributed by atoms with Gasteiger partial charge in [0.25, 0.3) is 29.1 Å². The van der Waals surface area contributed by atoms with Crippen LogP contribution < -0.4 is 4.90 Å². The summed E-state index contributed by atoms with van der Waals surface area (Å²) in [6.07, 6.45) is 0. The monoisotopic (exact) mass is 498 g/mol. The molecule has 3 aromatic rings. The first-order valence-corrected chi connectivity index (χ1v) is 10.9. The summed E-state index contributed by atoms with van der Waals surface area (Å²) in [5.74, 6) is -2.30. The number of β-lactam (4-membered cyclic amide) rings is 1. The van der Waals surface area contributed by atoms with Crippen molar-refractivity contribution in [3.05, 3.63) is 95.2 Å². The highest BCUT2D eigenvalue weighted by Crippen LogP contribution is 2.48. The van der Waals surface area contributed by atoms with E-state index in [1.54, 1.807) is 17.5 Å². The van der Waals surface area contributed by atoms with E-state index in [0.29, 0.717) is 4.88 Å². The fraction of sp³-hybridized carbons (Fsp3) is 0.0952. The smallest absolute Gasteiger partial charge is 0.293 e. The number of hydrogen-bond acceptors (Lipinski definition) is 8. The molecular weight excluding hydrogens is 488 g/mol. The van der Waals surface area contributed by atoms with Crippen molar-refractivity contribution in [3.8, 4) is 0 Å². The molecule has 3 heterocycles. The molecule has 0 aliphatic carbocycles. The molecule has 170 valence electrons. The van der Waals surface area contributed by atoms with E-state index < -0.39 is 45.3 Å². The van der Waals surface area contributed by atoms with Gasteiger partial charge in [0.15, 0.2) is 0 Å². The van der Waals surface area contributed by atoms with Gasteiger partial charge in [-0.25, -0.2) is 0 Å². The standard InChI is InChI=1S/C21H11ClN4O7S/c22-10-3-6-14(15(8-10)26(32)33)23-17(16-2-1-7-34-16)18(21(23)29)24-19(27)12-5-4-11(25(30)31)9-13(12)20(24)28/h1-9,17-18H/t17-,18+/m0/s1. The number of fused-ring (bicyclic) bond motifs is 1. The van der Waals surface area contributed by atoms with Crippen molar-refractivity contribution in [2.24, 2.45) is 0 Å². The van der Waals surface area contributed by atoms with E-state index in [9.17, 15) is 34.6 Å². The first-order chi connectivity index (χ1) is 16.2. The third-order valence-corrected chi connectivity index (χ3v) is 6.86. The number of carbonyl (C=O) groups is 3. The predicted octanol–water partition coefficient (Wildman–Crippen LogP) is 3.97. The number of rotatable bonds is 5. The molecule has 0 spiro atoms. The van der Waals surface area contributed by atoms with Gasteiger partial charge in [0, 0.05) is 28.1 Å². The zero-order chi connectivity index (χ0) is 24.3. The highest BCUT2D eigenvalue weighted by molar-refractivity contribution is 7.10. The van der Waals surface area contributed by atoms with Gasteiger partial charge in [-0.15, -0.1) is 11.3 Å². The topological polar surface area (TPSA) is 144 Å². The van der Waals surface area contributed by atoms with Crippen LogP contribution in [0, 0.1) is 20.2 Å². The van der Waals surface area contributed by atoms with Crippen molar-refractivity contribution in [2.45, 2.75) is 12.1 Å². The molecule has 2 aliphatic rings. The number of thiophene rings is 1. The molecule has 2 aliphatic heterocycles. The van der Waals surface area contributed by atoms with E-state index in [-0.39, 0.29) is 27.5 Å². The summed E-state index contributed by atoms with van der Waals surface area (Å²) in [5, 5.41) is 24.6.